The molecule has 0 aliphatic rings. The Hall–Kier alpha value is -1.96. The molecule has 2 rings (SSSR count). The summed E-state index contributed by atoms with van der Waals surface area (Å²) in [4.78, 5) is 12.2. The van der Waals surface area contributed by atoms with E-state index in [2.05, 4.69) is 6.92 Å². The minimum Gasteiger partial charge on any atom is -0.289 e. The molecule has 0 N–H and O–H groups in total. The van der Waals surface area contributed by atoms with E-state index in [1.54, 1.807) is 25.1 Å². The number of halogens is 1. The lowest BCUT2D eigenvalue weighted by molar-refractivity contribution is 0.103. The molecule has 0 radical (unpaired) electrons. The van der Waals surface area contributed by atoms with Crippen molar-refractivity contribution in [1.29, 1.82) is 0 Å². The minimum absolute atomic E-state index is 0.139. The summed E-state index contributed by atoms with van der Waals surface area (Å²) in [5.41, 5.74) is 2.93. The summed E-state index contributed by atoms with van der Waals surface area (Å²) in [5, 5.41) is 0. The van der Waals surface area contributed by atoms with Crippen molar-refractivity contribution in [3.63, 3.8) is 0 Å². The zero-order valence-corrected chi connectivity index (χ0v) is 10.5. The Morgan fingerprint density at radius 2 is 1.72 bits per heavy atom. The molecular formula is C16H15FO. The normalized spacial score (nSPS) is 10.4. The van der Waals surface area contributed by atoms with E-state index in [-0.39, 0.29) is 11.6 Å². The van der Waals surface area contributed by atoms with Gasteiger partial charge in [-0.15, -0.1) is 0 Å². The molecule has 0 aliphatic carbocycles. The van der Waals surface area contributed by atoms with Gasteiger partial charge in [0.05, 0.1) is 0 Å². The fourth-order valence-electron chi connectivity index (χ4n) is 1.93. The molecule has 1 nitrogen and oxygen atoms in total. The quantitative estimate of drug-likeness (QED) is 0.745. The van der Waals surface area contributed by atoms with Gasteiger partial charge in [0.25, 0.3) is 0 Å². The van der Waals surface area contributed by atoms with Crippen LogP contribution in [-0.4, -0.2) is 5.78 Å². The van der Waals surface area contributed by atoms with Crippen LogP contribution in [0.4, 0.5) is 4.39 Å². The maximum Gasteiger partial charge on any atom is 0.193 e. The van der Waals surface area contributed by atoms with Crippen molar-refractivity contribution < 1.29 is 9.18 Å². The van der Waals surface area contributed by atoms with E-state index in [4.69, 9.17) is 0 Å². The van der Waals surface area contributed by atoms with Crippen molar-refractivity contribution in [2.45, 2.75) is 20.3 Å². The summed E-state index contributed by atoms with van der Waals surface area (Å²) >= 11 is 0. The van der Waals surface area contributed by atoms with Crippen molar-refractivity contribution in [3.05, 3.63) is 70.5 Å². The fraction of sp³-hybridized carbons (Fsp3) is 0.188. The second-order valence-electron chi connectivity index (χ2n) is 4.40. The molecule has 0 saturated carbocycles. The van der Waals surface area contributed by atoms with Gasteiger partial charge in [-0.2, -0.15) is 0 Å². The molecule has 0 spiro atoms. The summed E-state index contributed by atoms with van der Waals surface area (Å²) in [6.07, 6.45) is 0.938. The lowest BCUT2D eigenvalue weighted by Gasteiger charge is -2.04. The first-order valence-corrected chi connectivity index (χ1v) is 6.01. The molecule has 2 aromatic rings. The smallest absolute Gasteiger partial charge is 0.193 e. The van der Waals surface area contributed by atoms with Crippen LogP contribution in [0.2, 0.25) is 0 Å². The number of hydrogen-bond acceptors (Lipinski definition) is 1. The van der Waals surface area contributed by atoms with Gasteiger partial charge in [0, 0.05) is 11.1 Å². The Morgan fingerprint density at radius 3 is 2.28 bits per heavy atom. The predicted molar refractivity (Wildman–Crippen MR) is 70.4 cm³/mol. The second-order valence-corrected chi connectivity index (χ2v) is 4.40. The summed E-state index contributed by atoms with van der Waals surface area (Å²) in [6.45, 7) is 3.84. The summed E-state index contributed by atoms with van der Waals surface area (Å²) in [6, 6.07) is 11.8. The Bertz CT molecular complexity index is 550. The van der Waals surface area contributed by atoms with E-state index in [1.165, 1.54) is 17.7 Å². The summed E-state index contributed by atoms with van der Waals surface area (Å²) < 4.78 is 13.3. The third kappa shape index (κ3) is 2.65. The summed E-state index contributed by atoms with van der Waals surface area (Å²) in [5.74, 6) is -0.510. The largest absolute Gasteiger partial charge is 0.289 e. The Kier molecular flexibility index (Phi) is 3.56. The maximum atomic E-state index is 13.3. The van der Waals surface area contributed by atoms with Crippen molar-refractivity contribution in [2.24, 2.45) is 0 Å². The third-order valence-electron chi connectivity index (χ3n) is 2.93. The van der Waals surface area contributed by atoms with Gasteiger partial charge >= 0.3 is 0 Å². The van der Waals surface area contributed by atoms with Gasteiger partial charge < -0.3 is 0 Å². The van der Waals surface area contributed by atoms with E-state index in [0.29, 0.717) is 11.1 Å². The highest BCUT2D eigenvalue weighted by molar-refractivity contribution is 6.09. The number of benzene rings is 2. The standard InChI is InChI=1S/C16H15FO/c1-3-12-4-6-13(7-5-12)16(18)14-8-11(2)9-15(17)10-14/h4-10H,3H2,1-2H3. The van der Waals surface area contributed by atoms with Crippen LogP contribution in [0.3, 0.4) is 0 Å². The monoisotopic (exact) mass is 242 g/mol. The average Bonchev–Trinajstić information content (AvgIpc) is 2.37. The van der Waals surface area contributed by atoms with Crippen LogP contribution in [0.1, 0.15) is 34.0 Å². The van der Waals surface area contributed by atoms with Gasteiger partial charge in [-0.25, -0.2) is 4.39 Å². The van der Waals surface area contributed by atoms with Gasteiger partial charge in [-0.05, 0) is 42.7 Å². The topological polar surface area (TPSA) is 17.1 Å². The highest BCUT2D eigenvalue weighted by Gasteiger charge is 2.10. The molecule has 0 saturated heterocycles. The Morgan fingerprint density at radius 1 is 1.06 bits per heavy atom. The Labute approximate surface area is 106 Å². The molecule has 0 aromatic heterocycles. The van der Waals surface area contributed by atoms with Crippen molar-refractivity contribution >= 4 is 5.78 Å². The number of carbonyl (C=O) groups excluding carboxylic acids is 1. The molecule has 2 heteroatoms. The van der Waals surface area contributed by atoms with Crippen LogP contribution < -0.4 is 0 Å². The van der Waals surface area contributed by atoms with E-state index in [0.717, 1.165) is 12.0 Å². The highest BCUT2D eigenvalue weighted by Crippen LogP contribution is 2.14. The second kappa shape index (κ2) is 5.13. The molecule has 0 bridgehead atoms. The van der Waals surface area contributed by atoms with Gasteiger partial charge in [-0.1, -0.05) is 31.2 Å². The number of aryl methyl sites for hydroxylation is 2. The molecule has 0 aliphatic heterocycles. The van der Waals surface area contributed by atoms with E-state index < -0.39 is 0 Å². The predicted octanol–water partition coefficient (Wildman–Crippen LogP) is 3.93. The summed E-state index contributed by atoms with van der Waals surface area (Å²) in [7, 11) is 0. The van der Waals surface area contributed by atoms with Crippen LogP contribution >= 0.6 is 0 Å². The van der Waals surface area contributed by atoms with Crippen LogP contribution in [-0.2, 0) is 6.42 Å². The molecule has 92 valence electrons. The molecule has 18 heavy (non-hydrogen) atoms. The van der Waals surface area contributed by atoms with Crippen LogP contribution in [0.15, 0.2) is 42.5 Å². The van der Waals surface area contributed by atoms with Crippen molar-refractivity contribution in [2.75, 3.05) is 0 Å². The first-order valence-electron chi connectivity index (χ1n) is 6.01. The van der Waals surface area contributed by atoms with E-state index in [9.17, 15) is 9.18 Å². The molecule has 0 unspecified atom stereocenters. The number of hydrogen-bond donors (Lipinski definition) is 0. The SMILES string of the molecule is CCc1ccc(C(=O)c2cc(C)cc(F)c2)cc1. The van der Waals surface area contributed by atoms with Gasteiger partial charge in [0.15, 0.2) is 5.78 Å². The van der Waals surface area contributed by atoms with Gasteiger partial charge in [-0.3, -0.25) is 4.79 Å². The molecule has 0 heterocycles. The average molecular weight is 242 g/mol. The van der Waals surface area contributed by atoms with Gasteiger partial charge in [0.1, 0.15) is 5.82 Å². The minimum atomic E-state index is -0.372. The number of carbonyl (C=O) groups is 1. The number of rotatable bonds is 3. The van der Waals surface area contributed by atoms with Crippen molar-refractivity contribution in [1.82, 2.24) is 0 Å². The molecular weight excluding hydrogens is 227 g/mol. The zero-order chi connectivity index (χ0) is 13.1. The van der Waals surface area contributed by atoms with Crippen LogP contribution in [0.25, 0.3) is 0 Å². The van der Waals surface area contributed by atoms with Gasteiger partial charge in [0.2, 0.25) is 0 Å². The fourth-order valence-corrected chi connectivity index (χ4v) is 1.93. The van der Waals surface area contributed by atoms with Crippen LogP contribution in [0.5, 0.6) is 0 Å². The third-order valence-corrected chi connectivity index (χ3v) is 2.93. The lowest BCUT2D eigenvalue weighted by Crippen LogP contribution is -2.02. The molecule has 0 fully saturated rings. The molecule has 0 atom stereocenters. The number of ketones is 1. The van der Waals surface area contributed by atoms with E-state index in [1.807, 2.05) is 12.1 Å². The maximum absolute atomic E-state index is 13.3. The van der Waals surface area contributed by atoms with E-state index >= 15 is 0 Å². The highest BCUT2D eigenvalue weighted by atomic mass is 19.1. The molecule has 2 aromatic carbocycles. The first kappa shape index (κ1) is 12.5. The zero-order valence-electron chi connectivity index (χ0n) is 10.5. The van der Waals surface area contributed by atoms with Crippen molar-refractivity contribution in [3.8, 4) is 0 Å². The Balaban J connectivity index is 2.34. The first-order chi connectivity index (χ1) is 8.60. The lowest BCUT2D eigenvalue weighted by atomic mass is 10.00. The van der Waals surface area contributed by atoms with Crippen LogP contribution in [0, 0.1) is 12.7 Å². The molecule has 0 amide bonds.